The van der Waals surface area contributed by atoms with Gasteiger partial charge in [-0.1, -0.05) is 23.8 Å². The van der Waals surface area contributed by atoms with Gasteiger partial charge in [-0.2, -0.15) is 0 Å². The molecule has 1 heterocycles. The number of nitrogens with zero attached hydrogens (tertiary/aromatic N) is 1. The average Bonchev–Trinajstić information content (AvgIpc) is 2.60. The van der Waals surface area contributed by atoms with E-state index in [9.17, 15) is 4.79 Å². The molecule has 0 aliphatic rings. The first kappa shape index (κ1) is 11.4. The molecular formula is C13H14N2O2. The highest BCUT2D eigenvalue weighted by Crippen LogP contribution is 2.25. The lowest BCUT2D eigenvalue weighted by Crippen LogP contribution is -2.00. The second-order valence-electron chi connectivity index (χ2n) is 4.17. The van der Waals surface area contributed by atoms with E-state index in [4.69, 9.17) is 5.11 Å². The SMILES string of the molecule is Cc1ccc(-c2nc(C)[nH]c2C(=O)O)c(C)c1. The van der Waals surface area contributed by atoms with Crippen LogP contribution >= 0.6 is 0 Å². The van der Waals surface area contributed by atoms with Gasteiger partial charge in [0.2, 0.25) is 0 Å². The number of rotatable bonds is 2. The van der Waals surface area contributed by atoms with Crippen LogP contribution in [0, 0.1) is 20.8 Å². The number of H-pyrrole nitrogens is 1. The van der Waals surface area contributed by atoms with Gasteiger partial charge in [-0.15, -0.1) is 0 Å². The van der Waals surface area contributed by atoms with Gasteiger partial charge in [0.15, 0.2) is 5.69 Å². The minimum absolute atomic E-state index is 0.148. The molecule has 4 heteroatoms. The van der Waals surface area contributed by atoms with Crippen molar-refractivity contribution in [2.45, 2.75) is 20.8 Å². The molecule has 0 atom stereocenters. The van der Waals surface area contributed by atoms with Crippen molar-refractivity contribution in [1.29, 1.82) is 0 Å². The van der Waals surface area contributed by atoms with Crippen molar-refractivity contribution in [2.75, 3.05) is 0 Å². The monoisotopic (exact) mass is 230 g/mol. The summed E-state index contributed by atoms with van der Waals surface area (Å²) in [5.41, 5.74) is 3.69. The number of hydrogen-bond acceptors (Lipinski definition) is 2. The van der Waals surface area contributed by atoms with Crippen LogP contribution in [0.25, 0.3) is 11.3 Å². The van der Waals surface area contributed by atoms with E-state index in [2.05, 4.69) is 9.97 Å². The van der Waals surface area contributed by atoms with E-state index in [1.165, 1.54) is 0 Å². The van der Waals surface area contributed by atoms with Crippen molar-refractivity contribution in [1.82, 2.24) is 9.97 Å². The third kappa shape index (κ3) is 2.06. The third-order valence-corrected chi connectivity index (χ3v) is 2.67. The van der Waals surface area contributed by atoms with Gasteiger partial charge < -0.3 is 10.1 Å². The van der Waals surface area contributed by atoms with E-state index in [-0.39, 0.29) is 5.69 Å². The molecule has 1 aromatic heterocycles. The Bertz CT molecular complexity index is 585. The fourth-order valence-electron chi connectivity index (χ4n) is 1.92. The van der Waals surface area contributed by atoms with Gasteiger partial charge in [-0.3, -0.25) is 0 Å². The molecule has 0 aliphatic heterocycles. The van der Waals surface area contributed by atoms with E-state index < -0.39 is 5.97 Å². The van der Waals surface area contributed by atoms with Crippen LogP contribution in [0.3, 0.4) is 0 Å². The van der Waals surface area contributed by atoms with Crippen molar-refractivity contribution < 1.29 is 9.90 Å². The second-order valence-corrected chi connectivity index (χ2v) is 4.17. The molecule has 0 bridgehead atoms. The van der Waals surface area contributed by atoms with Gasteiger partial charge in [0.25, 0.3) is 0 Å². The molecule has 2 rings (SSSR count). The molecule has 0 saturated carbocycles. The summed E-state index contributed by atoms with van der Waals surface area (Å²) < 4.78 is 0. The molecule has 2 N–H and O–H groups in total. The van der Waals surface area contributed by atoms with E-state index in [1.807, 2.05) is 32.0 Å². The molecule has 0 radical (unpaired) electrons. The standard InChI is InChI=1S/C13H14N2O2/c1-7-4-5-10(8(2)6-7)11-12(13(16)17)15-9(3)14-11/h4-6H,1-3H3,(H,14,15)(H,16,17). The number of hydrogen-bond donors (Lipinski definition) is 2. The Kier molecular flexibility index (Phi) is 2.71. The van der Waals surface area contributed by atoms with Crippen molar-refractivity contribution >= 4 is 5.97 Å². The molecule has 2 aromatic rings. The smallest absolute Gasteiger partial charge is 0.354 e. The summed E-state index contributed by atoms with van der Waals surface area (Å²) in [6.45, 7) is 5.71. The number of nitrogens with one attached hydrogen (secondary N) is 1. The zero-order valence-electron chi connectivity index (χ0n) is 10.0. The molecule has 1 aromatic carbocycles. The minimum atomic E-state index is -0.986. The first-order valence-corrected chi connectivity index (χ1v) is 5.36. The molecule has 0 spiro atoms. The summed E-state index contributed by atoms with van der Waals surface area (Å²) in [5.74, 6) is -0.377. The Labute approximate surface area is 99.3 Å². The summed E-state index contributed by atoms with van der Waals surface area (Å²) >= 11 is 0. The predicted octanol–water partition coefficient (Wildman–Crippen LogP) is 2.70. The molecule has 0 saturated heterocycles. The number of aromatic amines is 1. The van der Waals surface area contributed by atoms with E-state index in [0.29, 0.717) is 11.5 Å². The molecule has 0 aliphatic carbocycles. The summed E-state index contributed by atoms with van der Waals surface area (Å²) in [7, 11) is 0. The Morgan fingerprint density at radius 3 is 2.59 bits per heavy atom. The largest absolute Gasteiger partial charge is 0.477 e. The summed E-state index contributed by atoms with van der Waals surface area (Å²) in [4.78, 5) is 18.1. The molecular weight excluding hydrogens is 216 g/mol. The maximum absolute atomic E-state index is 11.1. The predicted molar refractivity (Wildman–Crippen MR) is 65.2 cm³/mol. The van der Waals surface area contributed by atoms with Crippen LogP contribution in [0.2, 0.25) is 0 Å². The lowest BCUT2D eigenvalue weighted by molar-refractivity contribution is 0.0692. The fraction of sp³-hybridized carbons (Fsp3) is 0.231. The maximum Gasteiger partial charge on any atom is 0.354 e. The van der Waals surface area contributed by atoms with Crippen LogP contribution in [0.5, 0.6) is 0 Å². The number of aromatic nitrogens is 2. The zero-order chi connectivity index (χ0) is 12.6. The fourth-order valence-corrected chi connectivity index (χ4v) is 1.92. The second kappa shape index (κ2) is 4.05. The summed E-state index contributed by atoms with van der Waals surface area (Å²) in [6, 6.07) is 5.88. The van der Waals surface area contributed by atoms with Gasteiger partial charge in [0.1, 0.15) is 11.5 Å². The minimum Gasteiger partial charge on any atom is -0.477 e. The topological polar surface area (TPSA) is 66.0 Å². The van der Waals surface area contributed by atoms with Crippen molar-refractivity contribution in [2.24, 2.45) is 0 Å². The van der Waals surface area contributed by atoms with Crippen LogP contribution in [-0.4, -0.2) is 21.0 Å². The number of carbonyl (C=O) groups is 1. The van der Waals surface area contributed by atoms with Crippen LogP contribution in [0.15, 0.2) is 18.2 Å². The number of carboxylic acid groups (broad SMARTS) is 1. The van der Waals surface area contributed by atoms with Gasteiger partial charge in [-0.25, -0.2) is 9.78 Å². The lowest BCUT2D eigenvalue weighted by Gasteiger charge is -2.05. The number of benzene rings is 1. The van der Waals surface area contributed by atoms with E-state index >= 15 is 0 Å². The third-order valence-electron chi connectivity index (χ3n) is 2.67. The Morgan fingerprint density at radius 2 is 2.00 bits per heavy atom. The Balaban J connectivity index is 2.63. The van der Waals surface area contributed by atoms with Gasteiger partial charge in [-0.05, 0) is 26.3 Å². The highest BCUT2D eigenvalue weighted by molar-refractivity contribution is 5.93. The maximum atomic E-state index is 11.1. The number of carboxylic acids is 1. The molecule has 0 unspecified atom stereocenters. The first-order chi connectivity index (χ1) is 7.99. The van der Waals surface area contributed by atoms with E-state index in [1.54, 1.807) is 6.92 Å². The number of aromatic carboxylic acids is 1. The first-order valence-electron chi connectivity index (χ1n) is 5.36. The normalized spacial score (nSPS) is 10.5. The molecule has 88 valence electrons. The molecule has 4 nitrogen and oxygen atoms in total. The highest BCUT2D eigenvalue weighted by atomic mass is 16.4. The van der Waals surface area contributed by atoms with Gasteiger partial charge >= 0.3 is 5.97 Å². The number of aryl methyl sites for hydroxylation is 3. The van der Waals surface area contributed by atoms with Gasteiger partial charge in [0.05, 0.1) is 0 Å². The quantitative estimate of drug-likeness (QED) is 0.833. The van der Waals surface area contributed by atoms with Crippen molar-refractivity contribution in [3.8, 4) is 11.3 Å². The lowest BCUT2D eigenvalue weighted by atomic mass is 10.0. The average molecular weight is 230 g/mol. The Morgan fingerprint density at radius 1 is 1.29 bits per heavy atom. The molecule has 0 fully saturated rings. The van der Waals surface area contributed by atoms with Crippen LogP contribution in [-0.2, 0) is 0 Å². The zero-order valence-corrected chi connectivity index (χ0v) is 10.0. The van der Waals surface area contributed by atoms with Crippen molar-refractivity contribution in [3.63, 3.8) is 0 Å². The molecule has 17 heavy (non-hydrogen) atoms. The van der Waals surface area contributed by atoms with E-state index in [0.717, 1.165) is 16.7 Å². The van der Waals surface area contributed by atoms with Crippen LogP contribution in [0.1, 0.15) is 27.4 Å². The summed E-state index contributed by atoms with van der Waals surface area (Å²) in [6.07, 6.45) is 0. The van der Waals surface area contributed by atoms with Crippen LogP contribution in [0.4, 0.5) is 0 Å². The summed E-state index contributed by atoms with van der Waals surface area (Å²) in [5, 5.41) is 9.11. The highest BCUT2D eigenvalue weighted by Gasteiger charge is 2.17. The molecule has 0 amide bonds. The van der Waals surface area contributed by atoms with Crippen LogP contribution < -0.4 is 0 Å². The Hall–Kier alpha value is -2.10. The number of imidazole rings is 1. The van der Waals surface area contributed by atoms with Crippen molar-refractivity contribution in [3.05, 3.63) is 40.8 Å². The van der Waals surface area contributed by atoms with Gasteiger partial charge in [0, 0.05) is 5.56 Å².